The van der Waals surface area contributed by atoms with E-state index in [1.165, 1.54) is 11.8 Å². The number of nitrogens with one attached hydrogen (secondary N) is 2. The lowest BCUT2D eigenvalue weighted by atomic mass is 10.1. The van der Waals surface area contributed by atoms with Crippen LogP contribution in [0.25, 0.3) is 0 Å². The number of benzene rings is 2. The van der Waals surface area contributed by atoms with Crippen LogP contribution in [0.3, 0.4) is 0 Å². The number of hydrogen-bond acceptors (Lipinski definition) is 5. The van der Waals surface area contributed by atoms with Crippen LogP contribution in [0, 0.1) is 11.3 Å². The molecule has 2 aromatic carbocycles. The maximum absolute atomic E-state index is 12.9. The Bertz CT molecular complexity index is 952. The van der Waals surface area contributed by atoms with Crippen molar-refractivity contribution in [3.05, 3.63) is 65.7 Å². The zero-order chi connectivity index (χ0) is 23.5. The Labute approximate surface area is 188 Å². The molecule has 2 N–H and O–H groups in total. The van der Waals surface area contributed by atoms with Gasteiger partial charge in [0.25, 0.3) is 5.91 Å². The molecule has 0 heterocycles. The molecule has 0 aliphatic carbocycles. The van der Waals surface area contributed by atoms with E-state index in [2.05, 4.69) is 10.6 Å². The minimum atomic E-state index is -1.03. The fourth-order valence-corrected chi connectivity index (χ4v) is 2.89. The van der Waals surface area contributed by atoms with E-state index in [1.807, 2.05) is 26.0 Å². The Kier molecular flexibility index (Phi) is 9.23. The van der Waals surface area contributed by atoms with E-state index in [-0.39, 0.29) is 25.0 Å². The number of rotatable bonds is 9. The second kappa shape index (κ2) is 12.1. The molecule has 0 aliphatic heterocycles. The first-order valence-corrected chi connectivity index (χ1v) is 10.4. The Morgan fingerprint density at radius 3 is 2.28 bits per heavy atom. The summed E-state index contributed by atoms with van der Waals surface area (Å²) in [7, 11) is 0. The summed E-state index contributed by atoms with van der Waals surface area (Å²) in [6.45, 7) is 5.76. The van der Waals surface area contributed by atoms with Crippen LogP contribution >= 0.6 is 0 Å². The number of hydrogen-bond donors (Lipinski definition) is 2. The van der Waals surface area contributed by atoms with Crippen LogP contribution in [0.4, 0.5) is 10.5 Å². The normalized spacial score (nSPS) is 11.2. The monoisotopic (exact) mass is 436 g/mol. The first-order chi connectivity index (χ1) is 15.3. The van der Waals surface area contributed by atoms with Crippen molar-refractivity contribution in [2.24, 2.45) is 0 Å². The third-order valence-electron chi connectivity index (χ3n) is 4.48. The average Bonchev–Trinajstić information content (AvgIpc) is 2.78. The zero-order valence-corrected chi connectivity index (χ0v) is 18.5. The molecule has 0 saturated heterocycles. The lowest BCUT2D eigenvalue weighted by Gasteiger charge is -2.25. The maximum atomic E-state index is 12.9. The molecule has 32 heavy (non-hydrogen) atoms. The molecule has 0 aliphatic rings. The zero-order valence-electron chi connectivity index (χ0n) is 18.5. The van der Waals surface area contributed by atoms with E-state index in [1.54, 1.807) is 48.5 Å². The molecule has 8 heteroatoms. The SMILES string of the molecule is CC(C)NC(=O)NCc1ccc(C(=O)OC(C)C(=O)N(CCC#N)c2ccccc2)cc1. The predicted octanol–water partition coefficient (Wildman–Crippen LogP) is 3.39. The molecule has 1 unspecified atom stereocenters. The van der Waals surface area contributed by atoms with Gasteiger partial charge in [-0.15, -0.1) is 0 Å². The highest BCUT2D eigenvalue weighted by Gasteiger charge is 2.25. The summed E-state index contributed by atoms with van der Waals surface area (Å²) in [4.78, 5) is 38.5. The van der Waals surface area contributed by atoms with Gasteiger partial charge >= 0.3 is 12.0 Å². The predicted molar refractivity (Wildman–Crippen MR) is 121 cm³/mol. The molecule has 168 valence electrons. The van der Waals surface area contributed by atoms with Crippen LogP contribution in [0.2, 0.25) is 0 Å². The highest BCUT2D eigenvalue weighted by atomic mass is 16.5. The fourth-order valence-electron chi connectivity index (χ4n) is 2.89. The van der Waals surface area contributed by atoms with Crippen molar-refractivity contribution in [2.45, 2.75) is 45.9 Å². The van der Waals surface area contributed by atoms with E-state index in [0.29, 0.717) is 17.8 Å². The Morgan fingerprint density at radius 2 is 1.69 bits per heavy atom. The van der Waals surface area contributed by atoms with Gasteiger partial charge in [0, 0.05) is 24.8 Å². The van der Waals surface area contributed by atoms with E-state index in [4.69, 9.17) is 10.00 Å². The molecular formula is C24H28N4O4. The number of nitriles is 1. The Hall–Kier alpha value is -3.86. The minimum Gasteiger partial charge on any atom is -0.449 e. The smallest absolute Gasteiger partial charge is 0.338 e. The van der Waals surface area contributed by atoms with Crippen LogP contribution in [-0.2, 0) is 16.1 Å². The molecular weight excluding hydrogens is 408 g/mol. The number of amides is 3. The van der Waals surface area contributed by atoms with Gasteiger partial charge in [-0.1, -0.05) is 30.3 Å². The summed E-state index contributed by atoms with van der Waals surface area (Å²) in [5, 5.41) is 14.4. The summed E-state index contributed by atoms with van der Waals surface area (Å²) in [6, 6.07) is 17.3. The lowest BCUT2D eigenvalue weighted by Crippen LogP contribution is -2.40. The summed E-state index contributed by atoms with van der Waals surface area (Å²) in [5.74, 6) is -1.03. The fraction of sp³-hybridized carbons (Fsp3) is 0.333. The topological polar surface area (TPSA) is 112 Å². The van der Waals surface area contributed by atoms with Crippen LogP contribution in [-0.4, -0.2) is 36.6 Å². The van der Waals surface area contributed by atoms with Crippen molar-refractivity contribution in [3.63, 3.8) is 0 Å². The van der Waals surface area contributed by atoms with Crippen molar-refractivity contribution < 1.29 is 19.1 Å². The third kappa shape index (κ3) is 7.43. The van der Waals surface area contributed by atoms with Gasteiger partial charge in [0.2, 0.25) is 0 Å². The van der Waals surface area contributed by atoms with E-state index < -0.39 is 18.0 Å². The third-order valence-corrected chi connectivity index (χ3v) is 4.48. The molecule has 8 nitrogen and oxygen atoms in total. The van der Waals surface area contributed by atoms with Gasteiger partial charge in [-0.25, -0.2) is 9.59 Å². The highest BCUT2D eigenvalue weighted by Crippen LogP contribution is 2.17. The lowest BCUT2D eigenvalue weighted by molar-refractivity contribution is -0.126. The number of nitrogens with zero attached hydrogens (tertiary/aromatic N) is 2. The van der Waals surface area contributed by atoms with E-state index in [9.17, 15) is 14.4 Å². The van der Waals surface area contributed by atoms with Crippen molar-refractivity contribution in [1.82, 2.24) is 10.6 Å². The number of ether oxygens (including phenoxy) is 1. The second-order valence-corrected chi connectivity index (χ2v) is 7.46. The van der Waals surface area contributed by atoms with Gasteiger partial charge in [-0.05, 0) is 50.6 Å². The number of urea groups is 1. The van der Waals surface area contributed by atoms with Gasteiger partial charge in [-0.2, -0.15) is 5.26 Å². The van der Waals surface area contributed by atoms with Crippen molar-refractivity contribution >= 4 is 23.6 Å². The first kappa shape index (κ1) is 24.4. The van der Waals surface area contributed by atoms with Crippen molar-refractivity contribution in [1.29, 1.82) is 5.26 Å². The number of para-hydroxylation sites is 1. The molecule has 2 rings (SSSR count). The second-order valence-electron chi connectivity index (χ2n) is 7.46. The van der Waals surface area contributed by atoms with Crippen molar-refractivity contribution in [3.8, 4) is 6.07 Å². The van der Waals surface area contributed by atoms with Gasteiger partial charge in [-0.3, -0.25) is 4.79 Å². The number of carbonyl (C=O) groups excluding carboxylic acids is 3. The molecule has 0 bridgehead atoms. The quantitative estimate of drug-likeness (QED) is 0.585. The molecule has 2 aromatic rings. The number of esters is 1. The maximum Gasteiger partial charge on any atom is 0.338 e. The summed E-state index contributed by atoms with van der Waals surface area (Å²) >= 11 is 0. The number of anilines is 1. The summed E-state index contributed by atoms with van der Waals surface area (Å²) in [6.07, 6.45) is -0.867. The number of carbonyl (C=O) groups is 3. The summed E-state index contributed by atoms with van der Waals surface area (Å²) in [5.41, 5.74) is 1.74. The molecule has 1 atom stereocenters. The van der Waals surface area contributed by atoms with E-state index in [0.717, 1.165) is 5.56 Å². The summed E-state index contributed by atoms with van der Waals surface area (Å²) < 4.78 is 5.37. The standard InChI is InChI=1S/C24H28N4O4/c1-17(2)27-24(31)26-16-19-10-12-20(13-11-19)23(30)32-18(3)22(29)28(15-7-14-25)21-8-5-4-6-9-21/h4-6,8-13,17-18H,7,15-16H2,1-3H3,(H2,26,27,31). The largest absolute Gasteiger partial charge is 0.449 e. The van der Waals surface area contributed by atoms with Gasteiger partial charge in [0.15, 0.2) is 6.10 Å². The van der Waals surface area contributed by atoms with E-state index >= 15 is 0 Å². The Balaban J connectivity index is 1.97. The minimum absolute atomic E-state index is 0.0366. The molecule has 0 aromatic heterocycles. The van der Waals surface area contributed by atoms with Crippen LogP contribution in [0.1, 0.15) is 43.1 Å². The highest BCUT2D eigenvalue weighted by molar-refractivity contribution is 5.99. The molecule has 0 spiro atoms. The van der Waals surface area contributed by atoms with Crippen molar-refractivity contribution in [2.75, 3.05) is 11.4 Å². The molecule has 0 saturated carbocycles. The molecule has 0 fully saturated rings. The van der Waals surface area contributed by atoms with Crippen LogP contribution in [0.5, 0.6) is 0 Å². The molecule has 0 radical (unpaired) electrons. The van der Waals surface area contributed by atoms with Gasteiger partial charge < -0.3 is 20.3 Å². The van der Waals surface area contributed by atoms with Crippen LogP contribution < -0.4 is 15.5 Å². The van der Waals surface area contributed by atoms with Crippen LogP contribution in [0.15, 0.2) is 54.6 Å². The Morgan fingerprint density at radius 1 is 1.03 bits per heavy atom. The molecule has 3 amide bonds. The van der Waals surface area contributed by atoms with Gasteiger partial charge in [0.1, 0.15) is 0 Å². The van der Waals surface area contributed by atoms with Gasteiger partial charge in [0.05, 0.1) is 18.1 Å². The first-order valence-electron chi connectivity index (χ1n) is 10.4. The average molecular weight is 437 g/mol.